The van der Waals surface area contributed by atoms with Crippen molar-refractivity contribution in [3.63, 3.8) is 0 Å². The molecule has 1 atom stereocenters. The minimum atomic E-state index is -0.147. The van der Waals surface area contributed by atoms with E-state index in [1.807, 2.05) is 6.07 Å². The monoisotopic (exact) mass is 307 g/mol. The Morgan fingerprint density at radius 2 is 2.19 bits per heavy atom. The van der Waals surface area contributed by atoms with Crippen LogP contribution in [0.25, 0.3) is 0 Å². The lowest BCUT2D eigenvalue weighted by molar-refractivity contribution is 0.584. The Labute approximate surface area is 132 Å². The zero-order valence-electron chi connectivity index (χ0n) is 12.9. The van der Waals surface area contributed by atoms with E-state index < -0.39 is 0 Å². The first-order valence-corrected chi connectivity index (χ1v) is 9.09. The van der Waals surface area contributed by atoms with Gasteiger partial charge in [-0.2, -0.15) is 0 Å². The number of halogens is 1. The molecule has 0 spiro atoms. The van der Waals surface area contributed by atoms with Crippen LogP contribution in [0.2, 0.25) is 0 Å². The first-order chi connectivity index (χ1) is 10.3. The predicted molar refractivity (Wildman–Crippen MR) is 90.4 cm³/mol. The second-order valence-corrected chi connectivity index (χ2v) is 6.75. The first kappa shape index (κ1) is 16.6. The summed E-state index contributed by atoms with van der Waals surface area (Å²) < 4.78 is 13.3. The number of rotatable bonds is 7. The summed E-state index contributed by atoms with van der Waals surface area (Å²) in [6.45, 7) is 3.25. The van der Waals surface area contributed by atoms with Gasteiger partial charge in [0.25, 0.3) is 0 Å². The van der Waals surface area contributed by atoms with E-state index in [4.69, 9.17) is 0 Å². The van der Waals surface area contributed by atoms with E-state index >= 15 is 0 Å². The summed E-state index contributed by atoms with van der Waals surface area (Å²) in [4.78, 5) is 1.02. The van der Waals surface area contributed by atoms with Crippen LogP contribution < -0.4 is 5.32 Å². The van der Waals surface area contributed by atoms with Crippen molar-refractivity contribution < 1.29 is 4.39 Å². The van der Waals surface area contributed by atoms with Gasteiger partial charge in [0.05, 0.1) is 0 Å². The zero-order valence-corrected chi connectivity index (χ0v) is 13.7. The van der Waals surface area contributed by atoms with Crippen molar-refractivity contribution in [2.45, 2.75) is 56.4 Å². The Kier molecular flexibility index (Phi) is 7.31. The number of thioether (sulfide) groups is 1. The van der Waals surface area contributed by atoms with Crippen LogP contribution in [0.5, 0.6) is 0 Å². The molecule has 0 saturated heterocycles. The highest BCUT2D eigenvalue weighted by molar-refractivity contribution is 7.99. The van der Waals surface area contributed by atoms with Crippen molar-refractivity contribution in [1.82, 2.24) is 5.32 Å². The molecule has 1 aliphatic carbocycles. The van der Waals surface area contributed by atoms with Gasteiger partial charge < -0.3 is 5.32 Å². The maximum Gasteiger partial charge on any atom is 0.124 e. The number of nitrogens with one attached hydrogen (secondary N) is 1. The van der Waals surface area contributed by atoms with Gasteiger partial charge in [-0.05, 0) is 56.8 Å². The predicted octanol–water partition coefficient (Wildman–Crippen LogP) is 5.18. The fourth-order valence-corrected chi connectivity index (χ4v) is 3.77. The number of hydrogen-bond acceptors (Lipinski definition) is 2. The van der Waals surface area contributed by atoms with Gasteiger partial charge in [-0.1, -0.05) is 31.1 Å². The van der Waals surface area contributed by atoms with E-state index in [0.717, 1.165) is 23.6 Å². The molecule has 1 aromatic carbocycles. The molecule has 0 radical (unpaired) electrons. The van der Waals surface area contributed by atoms with Crippen LogP contribution in [-0.2, 0) is 0 Å². The normalized spacial score (nSPS) is 17.1. The first-order valence-electron chi connectivity index (χ1n) is 8.10. The van der Waals surface area contributed by atoms with Gasteiger partial charge >= 0.3 is 0 Å². The van der Waals surface area contributed by atoms with Crippen LogP contribution in [0.3, 0.4) is 0 Å². The lowest BCUT2D eigenvalue weighted by Crippen LogP contribution is -2.33. The summed E-state index contributed by atoms with van der Waals surface area (Å²) in [5.74, 6) is 0.835. The van der Waals surface area contributed by atoms with Crippen molar-refractivity contribution in [1.29, 1.82) is 0 Å². The molecule has 0 heterocycles. The van der Waals surface area contributed by atoms with Crippen LogP contribution in [-0.4, -0.2) is 18.3 Å². The third kappa shape index (κ3) is 5.84. The molecule has 0 fully saturated rings. The van der Waals surface area contributed by atoms with Crippen molar-refractivity contribution in [2.75, 3.05) is 12.3 Å². The highest BCUT2D eigenvalue weighted by atomic mass is 32.2. The molecule has 0 saturated carbocycles. The second-order valence-electron chi connectivity index (χ2n) is 5.65. The molecule has 116 valence electrons. The standard InChI is InChI=1S/C18H26FNS/c1-2-12-20-18(15-8-5-3-4-6-9-15)14-21-17-11-7-10-16(19)13-17/h7-8,10-11,13,18,20H,2-6,9,12,14H2,1H3. The summed E-state index contributed by atoms with van der Waals surface area (Å²) in [5.41, 5.74) is 1.56. The van der Waals surface area contributed by atoms with Gasteiger partial charge in [-0.15, -0.1) is 11.8 Å². The summed E-state index contributed by atoms with van der Waals surface area (Å²) in [5, 5.41) is 3.67. The summed E-state index contributed by atoms with van der Waals surface area (Å²) in [6, 6.07) is 7.34. The van der Waals surface area contributed by atoms with Crippen molar-refractivity contribution in [3.8, 4) is 0 Å². The van der Waals surface area contributed by atoms with Crippen LogP contribution in [0.15, 0.2) is 40.8 Å². The van der Waals surface area contributed by atoms with Crippen LogP contribution in [0, 0.1) is 5.82 Å². The van der Waals surface area contributed by atoms with Crippen molar-refractivity contribution in [2.24, 2.45) is 0 Å². The fraction of sp³-hybridized carbons (Fsp3) is 0.556. The molecule has 0 aliphatic heterocycles. The van der Waals surface area contributed by atoms with Crippen molar-refractivity contribution >= 4 is 11.8 Å². The molecule has 1 unspecified atom stereocenters. The molecule has 21 heavy (non-hydrogen) atoms. The molecule has 2 rings (SSSR count). The highest BCUT2D eigenvalue weighted by Crippen LogP contribution is 2.25. The molecule has 0 amide bonds. The topological polar surface area (TPSA) is 12.0 Å². The van der Waals surface area contributed by atoms with Gasteiger partial charge in [0.2, 0.25) is 0 Å². The molecule has 1 N–H and O–H groups in total. The Morgan fingerprint density at radius 3 is 3.00 bits per heavy atom. The quantitative estimate of drug-likeness (QED) is 0.550. The highest BCUT2D eigenvalue weighted by Gasteiger charge is 2.15. The molecule has 1 nitrogen and oxygen atoms in total. The largest absolute Gasteiger partial charge is 0.310 e. The van der Waals surface area contributed by atoms with E-state index in [1.165, 1.54) is 38.2 Å². The summed E-state index contributed by atoms with van der Waals surface area (Å²) >= 11 is 1.75. The molecule has 1 aliphatic rings. The molecular formula is C18H26FNS. The zero-order chi connectivity index (χ0) is 14.9. The van der Waals surface area contributed by atoms with Gasteiger partial charge in [0, 0.05) is 16.7 Å². The SMILES string of the molecule is CCCNC(CSc1cccc(F)c1)C1=CCCCCC1. The van der Waals surface area contributed by atoms with Crippen molar-refractivity contribution in [3.05, 3.63) is 41.7 Å². The molecule has 0 bridgehead atoms. The summed E-state index contributed by atoms with van der Waals surface area (Å²) in [6.07, 6.45) is 9.98. The Morgan fingerprint density at radius 1 is 1.29 bits per heavy atom. The van der Waals surface area contributed by atoms with E-state index in [1.54, 1.807) is 29.5 Å². The number of hydrogen-bond donors (Lipinski definition) is 1. The van der Waals surface area contributed by atoms with Crippen LogP contribution in [0.4, 0.5) is 4.39 Å². The third-order valence-corrected chi connectivity index (χ3v) is 4.96. The van der Waals surface area contributed by atoms with Gasteiger partial charge in [0.1, 0.15) is 5.82 Å². The molecular weight excluding hydrogens is 281 g/mol. The molecule has 1 aromatic rings. The average Bonchev–Trinajstić information content (AvgIpc) is 2.77. The van der Waals surface area contributed by atoms with E-state index in [9.17, 15) is 4.39 Å². The number of benzene rings is 1. The smallest absolute Gasteiger partial charge is 0.124 e. The van der Waals surface area contributed by atoms with Gasteiger partial charge in [-0.25, -0.2) is 4.39 Å². The molecule has 0 aromatic heterocycles. The minimum Gasteiger partial charge on any atom is -0.310 e. The van der Waals surface area contributed by atoms with Crippen LogP contribution in [0.1, 0.15) is 45.4 Å². The summed E-state index contributed by atoms with van der Waals surface area (Å²) in [7, 11) is 0. The van der Waals surface area contributed by atoms with E-state index in [0.29, 0.717) is 6.04 Å². The third-order valence-electron chi connectivity index (χ3n) is 3.88. The Balaban J connectivity index is 1.96. The number of allylic oxidation sites excluding steroid dienone is 1. The van der Waals surface area contributed by atoms with Crippen LogP contribution >= 0.6 is 11.8 Å². The minimum absolute atomic E-state index is 0.147. The van der Waals surface area contributed by atoms with Gasteiger partial charge in [0.15, 0.2) is 0 Å². The maximum atomic E-state index is 13.3. The Hall–Kier alpha value is -0.800. The lowest BCUT2D eigenvalue weighted by atomic mass is 10.0. The average molecular weight is 307 g/mol. The fourth-order valence-electron chi connectivity index (χ4n) is 2.71. The van der Waals surface area contributed by atoms with E-state index in [-0.39, 0.29) is 5.82 Å². The van der Waals surface area contributed by atoms with E-state index in [2.05, 4.69) is 18.3 Å². The Bertz CT molecular complexity index is 458. The molecule has 3 heteroatoms. The second kappa shape index (κ2) is 9.26. The maximum absolute atomic E-state index is 13.3. The van der Waals surface area contributed by atoms with Gasteiger partial charge in [-0.3, -0.25) is 0 Å². The lowest BCUT2D eigenvalue weighted by Gasteiger charge is -2.21.